The number of fused-ring (bicyclic) bond motifs is 1. The lowest BCUT2D eigenvalue weighted by molar-refractivity contribution is -0.129. The Balaban J connectivity index is 1.78. The minimum absolute atomic E-state index is 0.0384. The molecule has 1 aliphatic rings. The molecule has 0 spiro atoms. The van der Waals surface area contributed by atoms with Crippen LogP contribution in [0.2, 0.25) is 0 Å². The molecule has 31 heavy (non-hydrogen) atoms. The minimum Gasteiger partial charge on any atom is -0.503 e. The number of hydrogen-bond acceptors (Lipinski definition) is 5. The van der Waals surface area contributed by atoms with Crippen LogP contribution in [0, 0.1) is 12.7 Å². The number of Topliss-reactive ketones (excluding diaryl/α,β-unsaturated/α-hetero) is 1. The average Bonchev–Trinajstić information content (AvgIpc) is 3.25. The van der Waals surface area contributed by atoms with E-state index in [0.717, 1.165) is 10.9 Å². The van der Waals surface area contributed by atoms with E-state index in [1.807, 2.05) is 38.1 Å². The maximum Gasteiger partial charge on any atom is 0.290 e. The predicted octanol–water partition coefficient (Wildman–Crippen LogP) is 4.02. The number of amides is 1. The van der Waals surface area contributed by atoms with E-state index in [1.54, 1.807) is 12.1 Å². The molecule has 1 aromatic heterocycles. The highest BCUT2D eigenvalue weighted by atomic mass is 19.1. The second-order valence-corrected chi connectivity index (χ2v) is 8.00. The zero-order valence-electron chi connectivity index (χ0n) is 17.6. The largest absolute Gasteiger partial charge is 0.503 e. The summed E-state index contributed by atoms with van der Waals surface area (Å²) in [4.78, 5) is 29.6. The number of aliphatic hydroxyl groups is 1. The molecule has 0 aliphatic carbocycles. The maximum absolute atomic E-state index is 13.5. The number of aliphatic hydroxyl groups excluding tert-OH is 1. The van der Waals surface area contributed by atoms with Crippen molar-refractivity contribution in [3.05, 3.63) is 82.6 Å². The lowest BCUT2D eigenvalue weighted by atomic mass is 9.95. The van der Waals surface area contributed by atoms with Crippen LogP contribution in [-0.4, -0.2) is 53.8 Å². The van der Waals surface area contributed by atoms with Crippen molar-refractivity contribution >= 4 is 22.7 Å². The Bertz CT molecular complexity index is 1190. The molecule has 2 aromatic carbocycles. The summed E-state index contributed by atoms with van der Waals surface area (Å²) in [6.45, 7) is 2.75. The molecular formula is C24H23FN2O4. The van der Waals surface area contributed by atoms with Crippen LogP contribution in [0.1, 0.15) is 27.7 Å². The highest BCUT2D eigenvalue weighted by molar-refractivity contribution is 6.16. The number of hydrogen-bond donors (Lipinski definition) is 1. The third-order valence-electron chi connectivity index (χ3n) is 5.42. The number of nitrogens with zero attached hydrogens (tertiary/aromatic N) is 2. The summed E-state index contributed by atoms with van der Waals surface area (Å²) in [5.74, 6) is -2.19. The quantitative estimate of drug-likeness (QED) is 0.608. The van der Waals surface area contributed by atoms with E-state index in [-0.39, 0.29) is 17.9 Å². The van der Waals surface area contributed by atoms with Crippen molar-refractivity contribution in [1.82, 2.24) is 9.80 Å². The predicted molar refractivity (Wildman–Crippen MR) is 114 cm³/mol. The first kappa shape index (κ1) is 20.8. The van der Waals surface area contributed by atoms with Crippen molar-refractivity contribution in [1.29, 1.82) is 0 Å². The van der Waals surface area contributed by atoms with Gasteiger partial charge in [-0.3, -0.25) is 9.59 Å². The molecule has 1 atom stereocenters. The van der Waals surface area contributed by atoms with Gasteiger partial charge in [0, 0.05) is 18.5 Å². The Labute approximate surface area is 179 Å². The molecule has 2 heterocycles. The zero-order valence-corrected chi connectivity index (χ0v) is 17.6. The van der Waals surface area contributed by atoms with Gasteiger partial charge < -0.3 is 19.3 Å². The standard InChI is InChI=1S/C24H23FN2O4/c1-14-4-9-18-16(12-14)13-19(31-18)22(28)20-21(15-5-7-17(25)8-6-15)27(11-10-26(2)3)24(30)23(20)29/h4-9,12-13,21,29H,10-11H2,1-3H3. The van der Waals surface area contributed by atoms with Crippen molar-refractivity contribution in [2.45, 2.75) is 13.0 Å². The number of benzene rings is 2. The van der Waals surface area contributed by atoms with E-state index in [1.165, 1.54) is 29.2 Å². The van der Waals surface area contributed by atoms with Crippen molar-refractivity contribution in [3.63, 3.8) is 0 Å². The van der Waals surface area contributed by atoms with Gasteiger partial charge in [0.25, 0.3) is 5.91 Å². The molecule has 160 valence electrons. The number of likely N-dealkylation sites (N-methyl/N-ethyl adjacent to an activating group) is 1. The fraction of sp³-hybridized carbons (Fsp3) is 0.250. The molecule has 0 bridgehead atoms. The fourth-order valence-electron chi connectivity index (χ4n) is 3.82. The van der Waals surface area contributed by atoms with Crippen LogP contribution >= 0.6 is 0 Å². The Morgan fingerprint density at radius 2 is 1.87 bits per heavy atom. The third-order valence-corrected chi connectivity index (χ3v) is 5.42. The van der Waals surface area contributed by atoms with Gasteiger partial charge in [0.15, 0.2) is 11.5 Å². The summed E-state index contributed by atoms with van der Waals surface area (Å²) in [6.07, 6.45) is 0. The summed E-state index contributed by atoms with van der Waals surface area (Å²) < 4.78 is 19.2. The monoisotopic (exact) mass is 422 g/mol. The van der Waals surface area contributed by atoms with Crippen molar-refractivity contribution in [2.75, 3.05) is 27.2 Å². The third kappa shape index (κ3) is 3.84. The Hall–Kier alpha value is -3.45. The number of halogens is 1. The molecule has 1 amide bonds. The highest BCUT2D eigenvalue weighted by Crippen LogP contribution is 2.39. The molecule has 3 aromatic rings. The Morgan fingerprint density at radius 1 is 1.16 bits per heavy atom. The molecule has 0 saturated carbocycles. The van der Waals surface area contributed by atoms with Gasteiger partial charge in [-0.15, -0.1) is 0 Å². The molecule has 0 saturated heterocycles. The lowest BCUT2D eigenvalue weighted by Gasteiger charge is -2.27. The van der Waals surface area contributed by atoms with Crippen LogP contribution in [-0.2, 0) is 4.79 Å². The van der Waals surface area contributed by atoms with Crippen LogP contribution in [0.3, 0.4) is 0 Å². The Kier molecular flexibility index (Phi) is 5.37. The number of carbonyl (C=O) groups excluding carboxylic acids is 2. The second kappa shape index (κ2) is 8.00. The van der Waals surface area contributed by atoms with Gasteiger partial charge in [0.05, 0.1) is 11.6 Å². The topological polar surface area (TPSA) is 74.0 Å². The van der Waals surface area contributed by atoms with Crippen LogP contribution in [0.5, 0.6) is 0 Å². The number of ketones is 1. The summed E-state index contributed by atoms with van der Waals surface area (Å²) in [6, 6.07) is 11.9. The van der Waals surface area contributed by atoms with E-state index in [2.05, 4.69) is 0 Å². The van der Waals surface area contributed by atoms with Crippen LogP contribution in [0.15, 0.2) is 64.3 Å². The first-order valence-corrected chi connectivity index (χ1v) is 9.95. The summed E-state index contributed by atoms with van der Waals surface area (Å²) in [5, 5.41) is 11.4. The molecular weight excluding hydrogens is 399 g/mol. The van der Waals surface area contributed by atoms with E-state index in [9.17, 15) is 19.1 Å². The van der Waals surface area contributed by atoms with E-state index in [4.69, 9.17) is 4.42 Å². The molecule has 4 rings (SSSR count). The molecule has 0 fully saturated rings. The first-order valence-electron chi connectivity index (χ1n) is 9.95. The SMILES string of the molecule is Cc1ccc2oc(C(=O)C3=C(O)C(=O)N(CCN(C)C)C3c3ccc(F)cc3)cc2c1. The van der Waals surface area contributed by atoms with Crippen molar-refractivity contribution in [3.8, 4) is 0 Å². The van der Waals surface area contributed by atoms with E-state index < -0.39 is 29.3 Å². The van der Waals surface area contributed by atoms with E-state index in [0.29, 0.717) is 17.7 Å². The zero-order chi connectivity index (χ0) is 22.3. The summed E-state index contributed by atoms with van der Waals surface area (Å²) in [7, 11) is 3.73. The summed E-state index contributed by atoms with van der Waals surface area (Å²) in [5.41, 5.74) is 2.03. The average molecular weight is 422 g/mol. The second-order valence-electron chi connectivity index (χ2n) is 8.00. The van der Waals surface area contributed by atoms with Gasteiger partial charge in [-0.1, -0.05) is 23.8 Å². The molecule has 1 N–H and O–H groups in total. The minimum atomic E-state index is -0.838. The van der Waals surface area contributed by atoms with Gasteiger partial charge in [-0.05, 0) is 56.9 Å². The number of furan rings is 1. The first-order chi connectivity index (χ1) is 14.8. The van der Waals surface area contributed by atoms with Gasteiger partial charge in [-0.2, -0.15) is 0 Å². The molecule has 0 radical (unpaired) electrons. The van der Waals surface area contributed by atoms with Gasteiger partial charge in [0.2, 0.25) is 5.78 Å². The fourth-order valence-corrected chi connectivity index (χ4v) is 3.82. The van der Waals surface area contributed by atoms with Gasteiger partial charge >= 0.3 is 0 Å². The van der Waals surface area contributed by atoms with Crippen LogP contribution < -0.4 is 0 Å². The maximum atomic E-state index is 13.5. The summed E-state index contributed by atoms with van der Waals surface area (Å²) >= 11 is 0. The molecule has 7 heteroatoms. The number of carbonyl (C=O) groups is 2. The smallest absolute Gasteiger partial charge is 0.290 e. The Morgan fingerprint density at radius 3 is 2.55 bits per heavy atom. The van der Waals surface area contributed by atoms with Crippen molar-refractivity contribution < 1.29 is 23.5 Å². The molecule has 1 unspecified atom stereocenters. The van der Waals surface area contributed by atoms with E-state index >= 15 is 0 Å². The highest BCUT2D eigenvalue weighted by Gasteiger charge is 2.44. The van der Waals surface area contributed by atoms with Gasteiger partial charge in [0.1, 0.15) is 11.4 Å². The van der Waals surface area contributed by atoms with Crippen LogP contribution in [0.25, 0.3) is 11.0 Å². The molecule has 6 nitrogen and oxygen atoms in total. The normalized spacial score (nSPS) is 16.7. The van der Waals surface area contributed by atoms with Gasteiger partial charge in [-0.25, -0.2) is 4.39 Å². The lowest BCUT2D eigenvalue weighted by Crippen LogP contribution is -2.36. The number of aryl methyl sites for hydroxylation is 1. The number of rotatable bonds is 6. The molecule has 1 aliphatic heterocycles. The van der Waals surface area contributed by atoms with Crippen LogP contribution in [0.4, 0.5) is 4.39 Å². The van der Waals surface area contributed by atoms with Crippen molar-refractivity contribution in [2.24, 2.45) is 0 Å².